The number of hydrogen-bond acceptors (Lipinski definition) is 4. The van der Waals surface area contributed by atoms with Crippen molar-refractivity contribution < 1.29 is 0 Å². The summed E-state index contributed by atoms with van der Waals surface area (Å²) >= 11 is 0. The van der Waals surface area contributed by atoms with Crippen molar-refractivity contribution in [1.29, 1.82) is 5.41 Å². The summed E-state index contributed by atoms with van der Waals surface area (Å²) in [5, 5.41) is 12.4. The number of benzene rings is 1. The van der Waals surface area contributed by atoms with Gasteiger partial charge in [0.25, 0.3) is 0 Å². The maximum absolute atomic E-state index is 7.29. The molecule has 0 aliphatic heterocycles. The van der Waals surface area contributed by atoms with Gasteiger partial charge in [-0.15, -0.1) is 0 Å². The van der Waals surface area contributed by atoms with Crippen LogP contribution in [-0.2, 0) is 0 Å². The second-order valence-electron chi connectivity index (χ2n) is 3.65. The average Bonchev–Trinajstić information content (AvgIpc) is 2.39. The Morgan fingerprint density at radius 1 is 1.35 bits per heavy atom. The molecule has 0 amide bonds. The lowest BCUT2D eigenvalue weighted by atomic mass is 10.0. The molecular formula is C13H14N4. The highest BCUT2D eigenvalue weighted by Gasteiger charge is 2.01. The number of rotatable bonds is 3. The number of allylic oxidation sites excluding steroid dienone is 1. The zero-order chi connectivity index (χ0) is 12.3. The minimum Gasteiger partial charge on any atom is -0.404 e. The number of anilines is 1. The van der Waals surface area contributed by atoms with E-state index in [1.807, 2.05) is 37.5 Å². The highest BCUT2D eigenvalue weighted by atomic mass is 14.9. The molecule has 0 saturated heterocycles. The average molecular weight is 226 g/mol. The van der Waals surface area contributed by atoms with Gasteiger partial charge < -0.3 is 16.5 Å². The molecule has 1 aromatic carbocycles. The van der Waals surface area contributed by atoms with Crippen molar-refractivity contribution in [1.82, 2.24) is 4.98 Å². The Morgan fingerprint density at radius 2 is 2.18 bits per heavy atom. The molecule has 2 rings (SSSR count). The molecule has 0 bridgehead atoms. The number of fused-ring (bicyclic) bond motifs is 1. The molecule has 0 fully saturated rings. The number of nitrogens with zero attached hydrogens (tertiary/aromatic N) is 1. The van der Waals surface area contributed by atoms with E-state index in [2.05, 4.69) is 10.3 Å². The lowest BCUT2D eigenvalue weighted by molar-refractivity contribution is 1.31. The first-order valence-corrected chi connectivity index (χ1v) is 5.29. The Balaban J connectivity index is 2.59. The van der Waals surface area contributed by atoms with Crippen molar-refractivity contribution in [2.45, 2.75) is 0 Å². The largest absolute Gasteiger partial charge is 0.404 e. The fraction of sp³-hybridized carbons (Fsp3) is 0.0769. The molecule has 0 saturated carbocycles. The molecule has 0 atom stereocenters. The van der Waals surface area contributed by atoms with Gasteiger partial charge in [0.15, 0.2) is 0 Å². The predicted molar refractivity (Wildman–Crippen MR) is 72.2 cm³/mol. The molecule has 0 unspecified atom stereocenters. The summed E-state index contributed by atoms with van der Waals surface area (Å²) in [6.07, 6.45) is 4.51. The topological polar surface area (TPSA) is 74.8 Å². The molecule has 0 spiro atoms. The van der Waals surface area contributed by atoms with Crippen molar-refractivity contribution in [3.8, 4) is 0 Å². The Kier molecular flexibility index (Phi) is 3.05. The maximum Gasteiger partial charge on any atom is 0.126 e. The Morgan fingerprint density at radius 3 is 2.82 bits per heavy atom. The van der Waals surface area contributed by atoms with Crippen LogP contribution in [0.25, 0.3) is 16.3 Å². The Bertz CT molecular complexity index is 587. The van der Waals surface area contributed by atoms with Gasteiger partial charge in [-0.05, 0) is 23.1 Å². The fourth-order valence-corrected chi connectivity index (χ4v) is 1.68. The molecule has 0 radical (unpaired) electrons. The van der Waals surface area contributed by atoms with Crippen LogP contribution in [0.1, 0.15) is 5.56 Å². The van der Waals surface area contributed by atoms with E-state index in [1.54, 1.807) is 0 Å². The summed E-state index contributed by atoms with van der Waals surface area (Å²) in [6.45, 7) is 0. The van der Waals surface area contributed by atoms with Gasteiger partial charge in [0.1, 0.15) is 5.82 Å². The smallest absolute Gasteiger partial charge is 0.126 e. The first-order chi connectivity index (χ1) is 8.28. The van der Waals surface area contributed by atoms with Gasteiger partial charge in [-0.2, -0.15) is 0 Å². The third kappa shape index (κ3) is 2.10. The molecule has 1 heterocycles. The van der Waals surface area contributed by atoms with E-state index in [-0.39, 0.29) is 0 Å². The van der Waals surface area contributed by atoms with Crippen LogP contribution in [0.2, 0.25) is 0 Å². The van der Waals surface area contributed by atoms with Crippen LogP contribution in [-0.4, -0.2) is 18.2 Å². The second kappa shape index (κ2) is 4.65. The predicted octanol–water partition coefficient (Wildman–Crippen LogP) is 2.23. The lowest BCUT2D eigenvalue weighted by Gasteiger charge is -2.05. The number of nitrogens with one attached hydrogen (secondary N) is 2. The van der Waals surface area contributed by atoms with Gasteiger partial charge in [0.2, 0.25) is 0 Å². The Hall–Kier alpha value is -2.36. The fourth-order valence-electron chi connectivity index (χ4n) is 1.68. The summed E-state index contributed by atoms with van der Waals surface area (Å²) in [5.41, 5.74) is 7.11. The molecule has 86 valence electrons. The van der Waals surface area contributed by atoms with Crippen LogP contribution in [0, 0.1) is 5.41 Å². The molecule has 0 aliphatic carbocycles. The molecule has 2 aromatic rings. The van der Waals surface area contributed by atoms with Gasteiger partial charge in [0, 0.05) is 36.6 Å². The third-order valence-corrected chi connectivity index (χ3v) is 2.65. The van der Waals surface area contributed by atoms with E-state index in [0.29, 0.717) is 5.57 Å². The minimum atomic E-state index is 0.703. The number of hydrogen-bond donors (Lipinski definition) is 3. The number of aromatic nitrogens is 1. The van der Waals surface area contributed by atoms with E-state index in [1.165, 1.54) is 12.4 Å². The van der Waals surface area contributed by atoms with Gasteiger partial charge in [-0.3, -0.25) is 0 Å². The number of nitrogens with two attached hydrogens (primary N) is 1. The van der Waals surface area contributed by atoms with Gasteiger partial charge in [-0.25, -0.2) is 4.98 Å². The summed E-state index contributed by atoms with van der Waals surface area (Å²) in [5.74, 6) is 0.822. The minimum absolute atomic E-state index is 0.703. The van der Waals surface area contributed by atoms with E-state index < -0.39 is 0 Å². The first kappa shape index (κ1) is 11.1. The van der Waals surface area contributed by atoms with Crippen LogP contribution in [0.3, 0.4) is 0 Å². The van der Waals surface area contributed by atoms with Crippen molar-refractivity contribution in [2.24, 2.45) is 5.73 Å². The molecule has 4 N–H and O–H groups in total. The van der Waals surface area contributed by atoms with Crippen molar-refractivity contribution in [3.63, 3.8) is 0 Å². The highest BCUT2D eigenvalue weighted by molar-refractivity contribution is 6.09. The van der Waals surface area contributed by atoms with Crippen molar-refractivity contribution in [3.05, 3.63) is 42.2 Å². The standard InChI is InChI=1S/C13H14N4/c1-16-13-5-11-4-9(12(6-14)7-15)2-3-10(11)8-17-13/h2-8,14H,15H2,1H3,(H,16,17)/b12-7+,14-6?. The zero-order valence-electron chi connectivity index (χ0n) is 9.57. The van der Waals surface area contributed by atoms with Gasteiger partial charge >= 0.3 is 0 Å². The summed E-state index contributed by atoms with van der Waals surface area (Å²) in [6, 6.07) is 7.88. The van der Waals surface area contributed by atoms with Crippen LogP contribution in [0.4, 0.5) is 5.82 Å². The first-order valence-electron chi connectivity index (χ1n) is 5.29. The van der Waals surface area contributed by atoms with Crippen LogP contribution >= 0.6 is 0 Å². The molecule has 1 aromatic heterocycles. The maximum atomic E-state index is 7.29. The molecule has 17 heavy (non-hydrogen) atoms. The quantitative estimate of drug-likeness (QED) is 0.702. The zero-order valence-corrected chi connectivity index (χ0v) is 9.57. The van der Waals surface area contributed by atoms with Gasteiger partial charge in [-0.1, -0.05) is 12.1 Å². The normalized spacial score (nSPS) is 11.5. The van der Waals surface area contributed by atoms with Crippen LogP contribution in [0.5, 0.6) is 0 Å². The highest BCUT2D eigenvalue weighted by Crippen LogP contribution is 2.21. The molecule has 4 heteroatoms. The van der Waals surface area contributed by atoms with E-state index in [4.69, 9.17) is 11.1 Å². The summed E-state index contributed by atoms with van der Waals surface area (Å²) in [4.78, 5) is 4.24. The van der Waals surface area contributed by atoms with Gasteiger partial charge in [0.05, 0.1) is 0 Å². The van der Waals surface area contributed by atoms with E-state index >= 15 is 0 Å². The summed E-state index contributed by atoms with van der Waals surface area (Å²) < 4.78 is 0. The Labute approximate surface area is 99.7 Å². The van der Waals surface area contributed by atoms with E-state index in [0.717, 1.165) is 22.2 Å². The van der Waals surface area contributed by atoms with E-state index in [9.17, 15) is 0 Å². The number of pyridine rings is 1. The SMILES string of the molecule is CNc1cc2cc(/C(C=N)=C/N)ccc2cn1. The summed E-state index contributed by atoms with van der Waals surface area (Å²) in [7, 11) is 1.83. The third-order valence-electron chi connectivity index (χ3n) is 2.65. The van der Waals surface area contributed by atoms with Crippen molar-refractivity contribution in [2.75, 3.05) is 12.4 Å². The molecule has 0 aliphatic rings. The molecular weight excluding hydrogens is 212 g/mol. The monoisotopic (exact) mass is 226 g/mol. The molecule has 4 nitrogen and oxygen atoms in total. The second-order valence-corrected chi connectivity index (χ2v) is 3.65. The lowest BCUT2D eigenvalue weighted by Crippen LogP contribution is -1.93. The van der Waals surface area contributed by atoms with Crippen LogP contribution < -0.4 is 11.1 Å². The van der Waals surface area contributed by atoms with Crippen molar-refractivity contribution >= 4 is 28.4 Å². The van der Waals surface area contributed by atoms with Crippen LogP contribution in [0.15, 0.2) is 36.7 Å².